The fraction of sp³-hybridized carbons (Fsp3) is 0.0673. The van der Waals surface area contributed by atoms with Gasteiger partial charge in [-0.3, -0.25) is 9.98 Å². The number of benzene rings is 15. The van der Waals surface area contributed by atoms with Crippen LogP contribution in [0.3, 0.4) is 0 Å². The molecule has 0 bridgehead atoms. The second kappa shape index (κ2) is 26.7. The molecule has 0 amide bonds. The number of anilines is 1. The van der Waals surface area contributed by atoms with Crippen molar-refractivity contribution in [2.45, 2.75) is 31.4 Å². The predicted octanol–water partition coefficient (Wildman–Crippen LogP) is 25.9. The molecule has 526 valence electrons. The molecule has 0 radical (unpaired) electrons. The summed E-state index contributed by atoms with van der Waals surface area (Å²) < 4.78 is 25.3. The van der Waals surface area contributed by atoms with Gasteiger partial charge >= 0.3 is 0 Å². The smallest absolute Gasteiger partial charge is 0.143 e. The number of furan rings is 2. The minimum absolute atomic E-state index is 0.0254. The average molecular weight is 1540 g/mol. The first-order valence-electron chi connectivity index (χ1n) is 38.4. The number of halogens is 1. The van der Waals surface area contributed by atoms with Gasteiger partial charge in [-0.1, -0.05) is 267 Å². The number of rotatable bonds is 14. The largest absolute Gasteiger partial charge is 0.485 e. The molecule has 22 rings (SSSR count). The maximum Gasteiger partial charge on any atom is 0.143 e. The van der Waals surface area contributed by atoms with E-state index < -0.39 is 0 Å². The maximum atomic E-state index is 7.70. The third-order valence-electron chi connectivity index (χ3n) is 23.4. The number of aliphatic imine (C=N–C) groups is 1. The predicted molar refractivity (Wildman–Crippen MR) is 475 cm³/mol. The van der Waals surface area contributed by atoms with Crippen LogP contribution in [-0.2, 0) is 6.42 Å². The van der Waals surface area contributed by atoms with E-state index in [1.165, 1.54) is 76.1 Å². The van der Waals surface area contributed by atoms with E-state index in [9.17, 15) is 0 Å². The zero-order chi connectivity index (χ0) is 73.2. The van der Waals surface area contributed by atoms with Gasteiger partial charge in [0.05, 0.1) is 11.7 Å². The minimum atomic E-state index is -0.335. The van der Waals surface area contributed by atoms with E-state index >= 15 is 0 Å². The Kier molecular flexibility index (Phi) is 15.6. The van der Waals surface area contributed by atoms with Gasteiger partial charge in [0.25, 0.3) is 0 Å². The van der Waals surface area contributed by atoms with Crippen LogP contribution in [0.15, 0.2) is 342 Å². The Balaban J connectivity index is 0.730. The molecule has 3 aliphatic rings. The second-order valence-corrected chi connectivity index (χ2v) is 32.3. The molecular weight excluding hydrogens is 1470 g/mol. The van der Waals surface area contributed by atoms with Crippen LogP contribution >= 0.6 is 20.7 Å². The van der Waals surface area contributed by atoms with Gasteiger partial charge in [-0.25, -0.2) is 0 Å². The fourth-order valence-corrected chi connectivity index (χ4v) is 19.6. The molecule has 0 N–H and O–H groups in total. The van der Waals surface area contributed by atoms with E-state index in [0.717, 1.165) is 149 Å². The highest BCUT2D eigenvalue weighted by Gasteiger charge is 2.33. The van der Waals surface area contributed by atoms with Crippen LogP contribution in [0, 0.1) is 0 Å². The lowest BCUT2D eigenvalue weighted by atomic mass is 9.89. The lowest BCUT2D eigenvalue weighted by Gasteiger charge is -2.23. The van der Waals surface area contributed by atoms with E-state index in [-0.39, 0.29) is 38.8 Å². The van der Waals surface area contributed by atoms with Gasteiger partial charge in [0.1, 0.15) is 34.2 Å². The Morgan fingerprint density at radius 1 is 0.468 bits per heavy atom. The molecule has 3 unspecified atom stereocenters. The molecule has 111 heavy (non-hydrogen) atoms. The van der Waals surface area contributed by atoms with Crippen LogP contribution in [-0.4, -0.2) is 32.3 Å². The topological polar surface area (TPSA) is 64.0 Å². The van der Waals surface area contributed by atoms with Crippen LogP contribution < -0.4 is 20.1 Å². The molecule has 6 nitrogen and oxygen atoms in total. The Bertz CT molecular complexity index is 7240. The highest BCUT2D eigenvalue weighted by Crippen LogP contribution is 2.52. The summed E-state index contributed by atoms with van der Waals surface area (Å²) in [6.45, 7) is 2.84. The van der Waals surface area contributed by atoms with Gasteiger partial charge in [0, 0.05) is 102 Å². The molecule has 0 spiro atoms. The van der Waals surface area contributed by atoms with Crippen LogP contribution in [0.25, 0.3) is 188 Å². The van der Waals surface area contributed by atoms with E-state index in [4.69, 9.17) is 23.5 Å². The molecule has 0 saturated heterocycles. The molecule has 3 aromatic heterocycles. The first-order chi connectivity index (χ1) is 54.9. The lowest BCUT2D eigenvalue weighted by molar-refractivity contribution is 0.269. The van der Waals surface area contributed by atoms with Gasteiger partial charge in [0.2, 0.25) is 0 Å². The molecule has 5 heterocycles. The number of pyridine rings is 1. The van der Waals surface area contributed by atoms with Crippen molar-refractivity contribution in [2.75, 3.05) is 15.9 Å². The van der Waals surface area contributed by atoms with Crippen molar-refractivity contribution in [1.29, 1.82) is 0 Å². The Morgan fingerprint density at radius 3 is 1.93 bits per heavy atom. The number of fused-ring (bicyclic) bond motifs is 10. The van der Waals surface area contributed by atoms with Crippen LogP contribution in [0.1, 0.15) is 35.6 Å². The summed E-state index contributed by atoms with van der Waals surface area (Å²) in [7, 11) is 0. The zero-order valence-electron chi connectivity index (χ0n) is 60.8. The van der Waals surface area contributed by atoms with Crippen molar-refractivity contribution in [1.82, 2.24) is 4.98 Å². The fourth-order valence-electron chi connectivity index (χ4n) is 18.0. The molecule has 19 aromatic rings. The van der Waals surface area contributed by atoms with Crippen LogP contribution in [0.2, 0.25) is 0 Å². The highest BCUT2D eigenvalue weighted by molar-refractivity contribution is 14.2. The lowest BCUT2D eigenvalue weighted by Crippen LogP contribution is -2.36. The second-order valence-electron chi connectivity index (χ2n) is 29.6. The third kappa shape index (κ3) is 11.0. The molecule has 0 saturated carbocycles. The number of ether oxygens (including phenoxy) is 1. The van der Waals surface area contributed by atoms with Crippen molar-refractivity contribution in [3.63, 3.8) is 0 Å². The summed E-state index contributed by atoms with van der Waals surface area (Å²) >= 11 is -0.335. The minimum Gasteiger partial charge on any atom is -0.485 e. The van der Waals surface area contributed by atoms with Crippen molar-refractivity contribution < 1.29 is 13.6 Å². The summed E-state index contributed by atoms with van der Waals surface area (Å²) in [6, 6.07) is 109. The van der Waals surface area contributed by atoms with Gasteiger partial charge in [-0.2, -0.15) is 0 Å². The standard InChI is InChI=1S/C104H70IN3O3/c1-63(64-18-4-2-5-19-64)106-54-53-105-52-50-69-39-43-89-91-59-76(108-55-51-68-38-42-84-78(31-17-32-83(84)92(68)62-108)73-41-49-95-90(58-73)86-30-14-15-33-94(86)109-95)60-96-98(91)99-87(88-47-45-82(104-101(88)100(89)102(69)111-104)75-40-48-93(107-61-75)85-29-13-12-26-77(85)66-20-6-3-7-21-66)46-44-81(103(99)110-96)67-36-34-65(35-37-67)70-24-16-25-74(56-70)97-79-27-10-8-22-71(79)57-72-23-9-11-28-80(72)97/h2-49,51-52,54,56-63,86,94H,50,53,55H2,1H3. The molecule has 2 aliphatic heterocycles. The molecule has 7 heteroatoms. The average Bonchev–Trinajstić information content (AvgIpc) is 1.53. The quantitative estimate of drug-likeness (QED) is 0.0470. The first kappa shape index (κ1) is 65.0. The van der Waals surface area contributed by atoms with Gasteiger partial charge in [-0.05, 0) is 192 Å². The van der Waals surface area contributed by atoms with E-state index in [2.05, 4.69) is 356 Å². The van der Waals surface area contributed by atoms with Gasteiger partial charge in [-0.15, -0.1) is 20.7 Å². The SMILES string of the molecule is CC(N=CCI=CCc1ccc2c3cc(N4C=c5c(ccc6c(-c7ccc8c(c7)C7C=CC=CC7O8)cccc56)=CC4)cc4oc5c(-c6ccc(-c7cccc(-c8c9ccccc9cc9ccccc89)c7)cc6)ccc(c6ccc(-c7ccc(-c8ccccc8-c8ccccc8)nc7)c7oc1c2c76)c5c43)c1ccccc1. The van der Waals surface area contributed by atoms with E-state index in [1.54, 1.807) is 0 Å². The normalized spacial score (nSPS) is 15.0. The van der Waals surface area contributed by atoms with Gasteiger partial charge < -0.3 is 18.5 Å². The Labute approximate surface area is 651 Å². The summed E-state index contributed by atoms with van der Waals surface area (Å²) in [5.74, 6) is 1.16. The molecule has 0 fully saturated rings. The van der Waals surface area contributed by atoms with E-state index in [0.29, 0.717) is 6.54 Å². The zero-order valence-corrected chi connectivity index (χ0v) is 62.9. The number of alkyl halides is 1. The van der Waals surface area contributed by atoms with Crippen molar-refractivity contribution >= 4 is 147 Å². The van der Waals surface area contributed by atoms with Crippen LogP contribution in [0.4, 0.5) is 5.69 Å². The number of nitrogens with zero attached hydrogens (tertiary/aromatic N) is 3. The summed E-state index contributed by atoms with van der Waals surface area (Å²) in [6.07, 6.45) is 18.4. The van der Waals surface area contributed by atoms with E-state index in [1.807, 2.05) is 6.20 Å². The monoisotopic (exact) mass is 1540 g/mol. The summed E-state index contributed by atoms with van der Waals surface area (Å²) in [5, 5.41) is 18.5. The highest BCUT2D eigenvalue weighted by atomic mass is 127. The van der Waals surface area contributed by atoms with Gasteiger partial charge in [0.15, 0.2) is 0 Å². The van der Waals surface area contributed by atoms with Crippen LogP contribution in [0.5, 0.6) is 5.75 Å². The summed E-state index contributed by atoms with van der Waals surface area (Å²) in [4.78, 5) is 12.7. The Hall–Kier alpha value is -13.1. The van der Waals surface area contributed by atoms with Crippen molar-refractivity contribution in [3.05, 3.63) is 355 Å². The summed E-state index contributed by atoms with van der Waals surface area (Å²) in [5.41, 5.74) is 23.5. The molecule has 1 aliphatic carbocycles. The number of hydrogen-bond acceptors (Lipinski definition) is 6. The molecule has 16 aromatic carbocycles. The third-order valence-corrected chi connectivity index (χ3v) is 25.4. The first-order valence-corrected chi connectivity index (χ1v) is 41.1. The number of allylic oxidation sites excluding steroid dienone is 2. The van der Waals surface area contributed by atoms with Crippen molar-refractivity contribution in [2.24, 2.45) is 4.99 Å². The maximum absolute atomic E-state index is 7.70. The number of aromatic nitrogens is 1. The molecule has 3 atom stereocenters. The van der Waals surface area contributed by atoms with Crippen molar-refractivity contribution in [3.8, 4) is 83.8 Å². The Morgan fingerprint density at radius 2 is 1.11 bits per heavy atom. The molecular formula is C104H70IN3O3. The number of hydrogen-bond donors (Lipinski definition) is 0.